The van der Waals surface area contributed by atoms with Gasteiger partial charge in [-0.05, 0) is 48.0 Å². The number of hydrogen-bond acceptors (Lipinski definition) is 1. The molecule has 82 valence electrons. The minimum absolute atomic E-state index is 0.0638. The Kier molecular flexibility index (Phi) is 4.08. The Morgan fingerprint density at radius 3 is 2.67 bits per heavy atom. The molecule has 0 atom stereocenters. The number of amides is 2. The first kappa shape index (κ1) is 12.0. The number of carbonyl (C=O) groups is 1. The lowest BCUT2D eigenvalue weighted by molar-refractivity contribution is 0.250. The van der Waals surface area contributed by atoms with Crippen LogP contribution in [0.3, 0.4) is 0 Å². The van der Waals surface area contributed by atoms with Crippen LogP contribution in [0, 0.1) is 5.82 Å². The third kappa shape index (κ3) is 3.87. The Morgan fingerprint density at radius 2 is 2.13 bits per heavy atom. The Hall–Kier alpha value is -1.10. The molecule has 0 saturated carbocycles. The summed E-state index contributed by atoms with van der Waals surface area (Å²) in [6.45, 7) is 3.72. The van der Waals surface area contributed by atoms with Gasteiger partial charge in [0.2, 0.25) is 0 Å². The quantitative estimate of drug-likeness (QED) is 0.855. The Labute approximate surface area is 96.2 Å². The molecule has 0 saturated heterocycles. The van der Waals surface area contributed by atoms with E-state index in [1.807, 2.05) is 13.8 Å². The highest BCUT2D eigenvalue weighted by atomic mass is 79.9. The first-order valence-electron chi connectivity index (χ1n) is 4.51. The molecule has 0 spiro atoms. The molecule has 2 amide bonds. The summed E-state index contributed by atoms with van der Waals surface area (Å²) < 4.78 is 13.2. The van der Waals surface area contributed by atoms with Gasteiger partial charge in [0, 0.05) is 11.7 Å². The topological polar surface area (TPSA) is 41.1 Å². The lowest BCUT2D eigenvalue weighted by atomic mass is 10.3. The Bertz CT molecular complexity index is 368. The van der Waals surface area contributed by atoms with Crippen molar-refractivity contribution in [2.24, 2.45) is 0 Å². The van der Waals surface area contributed by atoms with Gasteiger partial charge in [0.15, 0.2) is 0 Å². The van der Waals surface area contributed by atoms with Crippen molar-refractivity contribution < 1.29 is 9.18 Å². The molecule has 0 aliphatic rings. The van der Waals surface area contributed by atoms with Crippen LogP contribution in [0.4, 0.5) is 14.9 Å². The summed E-state index contributed by atoms with van der Waals surface area (Å²) >= 11 is 3.04. The van der Waals surface area contributed by atoms with Crippen molar-refractivity contribution in [3.05, 3.63) is 28.5 Å². The van der Waals surface area contributed by atoms with Crippen LogP contribution in [-0.4, -0.2) is 12.1 Å². The van der Waals surface area contributed by atoms with Gasteiger partial charge < -0.3 is 10.6 Å². The minimum Gasteiger partial charge on any atom is -0.336 e. The highest BCUT2D eigenvalue weighted by molar-refractivity contribution is 9.10. The number of nitrogens with one attached hydrogen (secondary N) is 2. The number of hydrogen-bond donors (Lipinski definition) is 2. The molecular formula is C10H12BrFN2O. The van der Waals surface area contributed by atoms with E-state index in [0.717, 1.165) is 0 Å². The predicted molar refractivity (Wildman–Crippen MR) is 61.4 cm³/mol. The number of carbonyl (C=O) groups excluding carboxylic acids is 1. The molecular weight excluding hydrogens is 263 g/mol. The maximum absolute atomic E-state index is 12.9. The van der Waals surface area contributed by atoms with E-state index in [4.69, 9.17) is 0 Å². The van der Waals surface area contributed by atoms with Crippen molar-refractivity contribution >= 4 is 27.6 Å². The fourth-order valence-corrected chi connectivity index (χ4v) is 1.38. The SMILES string of the molecule is CC(C)NC(=O)Nc1ccc(F)c(Br)c1. The zero-order valence-electron chi connectivity index (χ0n) is 8.47. The fourth-order valence-electron chi connectivity index (χ4n) is 1.00. The lowest BCUT2D eigenvalue weighted by Crippen LogP contribution is -2.34. The van der Waals surface area contributed by atoms with Gasteiger partial charge in [0.05, 0.1) is 4.47 Å². The molecule has 3 nitrogen and oxygen atoms in total. The van der Waals surface area contributed by atoms with E-state index >= 15 is 0 Å². The second-order valence-corrected chi connectivity index (χ2v) is 4.24. The summed E-state index contributed by atoms with van der Waals surface area (Å²) in [5.74, 6) is -0.357. The third-order valence-corrected chi connectivity index (χ3v) is 2.20. The minimum atomic E-state index is -0.357. The molecule has 0 aromatic heterocycles. The van der Waals surface area contributed by atoms with Gasteiger partial charge in [-0.25, -0.2) is 9.18 Å². The summed E-state index contributed by atoms with van der Waals surface area (Å²) in [6, 6.07) is 4.06. The van der Waals surface area contributed by atoms with Crippen molar-refractivity contribution in [3.63, 3.8) is 0 Å². The van der Waals surface area contributed by atoms with E-state index in [1.165, 1.54) is 18.2 Å². The first-order valence-corrected chi connectivity index (χ1v) is 5.31. The number of benzene rings is 1. The van der Waals surface area contributed by atoms with E-state index in [1.54, 1.807) is 0 Å². The Balaban J connectivity index is 2.65. The van der Waals surface area contributed by atoms with Gasteiger partial charge in [-0.1, -0.05) is 0 Å². The van der Waals surface area contributed by atoms with E-state index in [-0.39, 0.29) is 17.9 Å². The van der Waals surface area contributed by atoms with Crippen molar-refractivity contribution in [2.75, 3.05) is 5.32 Å². The number of anilines is 1. The number of halogens is 2. The molecule has 2 N–H and O–H groups in total. The van der Waals surface area contributed by atoms with Crippen LogP contribution < -0.4 is 10.6 Å². The molecule has 5 heteroatoms. The van der Waals surface area contributed by atoms with Crippen LogP contribution >= 0.6 is 15.9 Å². The zero-order chi connectivity index (χ0) is 11.4. The summed E-state index contributed by atoms with van der Waals surface area (Å²) in [5, 5.41) is 5.26. The molecule has 1 aromatic rings. The van der Waals surface area contributed by atoms with Gasteiger partial charge in [-0.15, -0.1) is 0 Å². The van der Waals surface area contributed by atoms with Crippen LogP contribution in [0.5, 0.6) is 0 Å². The van der Waals surface area contributed by atoms with E-state index in [9.17, 15) is 9.18 Å². The smallest absolute Gasteiger partial charge is 0.319 e. The van der Waals surface area contributed by atoms with Gasteiger partial charge in [-0.2, -0.15) is 0 Å². The molecule has 0 heterocycles. The highest BCUT2D eigenvalue weighted by Gasteiger charge is 2.05. The van der Waals surface area contributed by atoms with Gasteiger partial charge in [0.1, 0.15) is 5.82 Å². The average molecular weight is 275 g/mol. The number of rotatable bonds is 2. The molecule has 0 fully saturated rings. The van der Waals surface area contributed by atoms with E-state index in [0.29, 0.717) is 10.2 Å². The predicted octanol–water partition coefficient (Wildman–Crippen LogP) is 3.12. The summed E-state index contributed by atoms with van der Waals surface area (Å²) in [4.78, 5) is 11.3. The van der Waals surface area contributed by atoms with Crippen molar-refractivity contribution in [1.82, 2.24) is 5.32 Å². The monoisotopic (exact) mass is 274 g/mol. The van der Waals surface area contributed by atoms with Crippen LogP contribution in [0.15, 0.2) is 22.7 Å². The van der Waals surface area contributed by atoms with Gasteiger partial charge in [-0.3, -0.25) is 0 Å². The first-order chi connectivity index (χ1) is 6.99. The molecule has 0 unspecified atom stereocenters. The molecule has 0 aliphatic carbocycles. The Morgan fingerprint density at radius 1 is 1.47 bits per heavy atom. The fraction of sp³-hybridized carbons (Fsp3) is 0.300. The van der Waals surface area contributed by atoms with Crippen molar-refractivity contribution in [1.29, 1.82) is 0 Å². The van der Waals surface area contributed by atoms with E-state index < -0.39 is 0 Å². The highest BCUT2D eigenvalue weighted by Crippen LogP contribution is 2.19. The molecule has 0 radical (unpaired) electrons. The molecule has 0 bridgehead atoms. The zero-order valence-corrected chi connectivity index (χ0v) is 10.1. The second kappa shape index (κ2) is 5.11. The third-order valence-electron chi connectivity index (χ3n) is 1.60. The summed E-state index contributed by atoms with van der Waals surface area (Å²) in [5.41, 5.74) is 0.543. The molecule has 1 aromatic carbocycles. The van der Waals surface area contributed by atoms with Crippen molar-refractivity contribution in [2.45, 2.75) is 19.9 Å². The standard InChI is InChI=1S/C10H12BrFN2O/c1-6(2)13-10(15)14-7-3-4-9(12)8(11)5-7/h3-6H,1-2H3,(H2,13,14,15). The summed E-state index contributed by atoms with van der Waals surface area (Å²) in [7, 11) is 0. The normalized spacial score (nSPS) is 10.2. The average Bonchev–Trinajstić information content (AvgIpc) is 2.10. The second-order valence-electron chi connectivity index (χ2n) is 3.38. The van der Waals surface area contributed by atoms with Crippen LogP contribution in [0.1, 0.15) is 13.8 Å². The van der Waals surface area contributed by atoms with Crippen molar-refractivity contribution in [3.8, 4) is 0 Å². The largest absolute Gasteiger partial charge is 0.336 e. The van der Waals surface area contributed by atoms with Gasteiger partial charge in [0.25, 0.3) is 0 Å². The number of urea groups is 1. The maximum Gasteiger partial charge on any atom is 0.319 e. The maximum atomic E-state index is 12.9. The lowest BCUT2D eigenvalue weighted by Gasteiger charge is -2.10. The van der Waals surface area contributed by atoms with Crippen LogP contribution in [0.2, 0.25) is 0 Å². The molecule has 1 rings (SSSR count). The molecule has 15 heavy (non-hydrogen) atoms. The summed E-state index contributed by atoms with van der Waals surface area (Å²) in [6.07, 6.45) is 0. The molecule has 0 aliphatic heterocycles. The van der Waals surface area contributed by atoms with Gasteiger partial charge >= 0.3 is 6.03 Å². The van der Waals surface area contributed by atoms with Crippen LogP contribution in [0.25, 0.3) is 0 Å². The van der Waals surface area contributed by atoms with E-state index in [2.05, 4.69) is 26.6 Å². The van der Waals surface area contributed by atoms with Crippen LogP contribution in [-0.2, 0) is 0 Å².